The molecule has 2 heteroatoms. The molecular formula is C15H15NO. The zero-order valence-corrected chi connectivity index (χ0v) is 9.63. The molecule has 1 unspecified atom stereocenters. The molecule has 0 saturated heterocycles. The summed E-state index contributed by atoms with van der Waals surface area (Å²) in [6.45, 7) is 0. The molecule has 1 aromatic carbocycles. The number of fused-ring (bicyclic) bond motifs is 1. The molecule has 1 aliphatic rings. The molecule has 2 aromatic rings. The van der Waals surface area contributed by atoms with Crippen molar-refractivity contribution in [3.63, 3.8) is 0 Å². The molecule has 0 saturated carbocycles. The number of aliphatic hydroxyl groups is 1. The van der Waals surface area contributed by atoms with Gasteiger partial charge in [0.15, 0.2) is 0 Å². The van der Waals surface area contributed by atoms with Crippen LogP contribution in [0.2, 0.25) is 0 Å². The minimum atomic E-state index is -0.387. The monoisotopic (exact) mass is 225 g/mol. The number of hydrogen-bond acceptors (Lipinski definition) is 2. The van der Waals surface area contributed by atoms with E-state index in [0.717, 1.165) is 25.0 Å². The van der Waals surface area contributed by atoms with Crippen LogP contribution >= 0.6 is 0 Å². The quantitative estimate of drug-likeness (QED) is 0.809. The second-order valence-corrected chi connectivity index (χ2v) is 4.50. The molecule has 0 bridgehead atoms. The van der Waals surface area contributed by atoms with Gasteiger partial charge in [0.2, 0.25) is 0 Å². The van der Waals surface area contributed by atoms with E-state index in [0.29, 0.717) is 0 Å². The molecule has 1 heterocycles. The highest BCUT2D eigenvalue weighted by Gasteiger charge is 2.21. The van der Waals surface area contributed by atoms with E-state index in [1.807, 2.05) is 24.3 Å². The van der Waals surface area contributed by atoms with Crippen LogP contribution in [0.5, 0.6) is 0 Å². The Kier molecular flexibility index (Phi) is 2.65. The van der Waals surface area contributed by atoms with Gasteiger partial charge < -0.3 is 5.11 Å². The lowest BCUT2D eigenvalue weighted by atomic mass is 9.88. The van der Waals surface area contributed by atoms with Gasteiger partial charge in [0, 0.05) is 6.20 Å². The molecule has 0 fully saturated rings. The normalized spacial score (nSPS) is 18.8. The van der Waals surface area contributed by atoms with Gasteiger partial charge in [0.05, 0.1) is 11.8 Å². The average Bonchev–Trinajstić information content (AvgIpc) is 2.40. The first-order chi connectivity index (χ1) is 8.36. The second kappa shape index (κ2) is 4.30. The molecule has 1 N–H and O–H groups in total. The van der Waals surface area contributed by atoms with Gasteiger partial charge in [-0.2, -0.15) is 0 Å². The first-order valence-electron chi connectivity index (χ1n) is 6.07. The third-order valence-corrected chi connectivity index (χ3v) is 3.39. The van der Waals surface area contributed by atoms with E-state index < -0.39 is 0 Å². The number of hydrogen-bond donors (Lipinski definition) is 1. The van der Waals surface area contributed by atoms with Crippen molar-refractivity contribution in [2.24, 2.45) is 0 Å². The first kappa shape index (κ1) is 10.5. The lowest BCUT2D eigenvalue weighted by Gasteiger charge is -2.22. The molecule has 1 aliphatic carbocycles. The summed E-state index contributed by atoms with van der Waals surface area (Å²) < 4.78 is 0. The maximum absolute atomic E-state index is 9.97. The molecule has 3 rings (SSSR count). The van der Waals surface area contributed by atoms with E-state index in [4.69, 9.17) is 0 Å². The maximum Gasteiger partial charge on any atom is 0.0962 e. The molecule has 1 atom stereocenters. The van der Waals surface area contributed by atoms with Gasteiger partial charge in [0.1, 0.15) is 0 Å². The SMILES string of the molecule is OC1CCCc2c(-c3ccccc3)ccnc21. The van der Waals surface area contributed by atoms with Crippen molar-refractivity contribution >= 4 is 0 Å². The predicted octanol–water partition coefficient (Wildman–Crippen LogP) is 3.12. The Morgan fingerprint density at radius 1 is 1.12 bits per heavy atom. The third kappa shape index (κ3) is 1.85. The summed E-state index contributed by atoms with van der Waals surface area (Å²) >= 11 is 0. The molecule has 2 nitrogen and oxygen atoms in total. The summed E-state index contributed by atoms with van der Waals surface area (Å²) in [6, 6.07) is 12.4. The predicted molar refractivity (Wildman–Crippen MR) is 67.6 cm³/mol. The molecule has 0 aliphatic heterocycles. The van der Waals surface area contributed by atoms with Crippen LogP contribution in [0.25, 0.3) is 11.1 Å². The highest BCUT2D eigenvalue weighted by Crippen LogP contribution is 2.34. The standard InChI is InChI=1S/C15H15NO/c17-14-8-4-7-13-12(9-10-16-15(13)14)11-5-2-1-3-6-11/h1-3,5-6,9-10,14,17H,4,7-8H2. The topological polar surface area (TPSA) is 33.1 Å². The summed E-state index contributed by atoms with van der Waals surface area (Å²) in [5, 5.41) is 9.97. The summed E-state index contributed by atoms with van der Waals surface area (Å²) in [4.78, 5) is 4.34. The fraction of sp³-hybridized carbons (Fsp3) is 0.267. The Morgan fingerprint density at radius 3 is 2.76 bits per heavy atom. The molecule has 86 valence electrons. The molecule has 17 heavy (non-hydrogen) atoms. The zero-order chi connectivity index (χ0) is 11.7. The first-order valence-corrected chi connectivity index (χ1v) is 6.07. The van der Waals surface area contributed by atoms with E-state index in [1.54, 1.807) is 6.20 Å². The lowest BCUT2D eigenvalue weighted by molar-refractivity contribution is 0.151. The number of benzene rings is 1. The van der Waals surface area contributed by atoms with Gasteiger partial charge in [-0.3, -0.25) is 4.98 Å². The van der Waals surface area contributed by atoms with E-state index >= 15 is 0 Å². The van der Waals surface area contributed by atoms with Crippen molar-refractivity contribution in [1.29, 1.82) is 0 Å². The van der Waals surface area contributed by atoms with Crippen molar-refractivity contribution in [2.75, 3.05) is 0 Å². The Balaban J connectivity index is 2.16. The Labute approximate surface area is 101 Å². The average molecular weight is 225 g/mol. The summed E-state index contributed by atoms with van der Waals surface area (Å²) in [5.41, 5.74) is 4.52. The van der Waals surface area contributed by atoms with Crippen LogP contribution in [0.3, 0.4) is 0 Å². The van der Waals surface area contributed by atoms with Crippen LogP contribution in [0, 0.1) is 0 Å². The third-order valence-electron chi connectivity index (χ3n) is 3.39. The lowest BCUT2D eigenvalue weighted by Crippen LogP contribution is -2.12. The largest absolute Gasteiger partial charge is 0.387 e. The van der Waals surface area contributed by atoms with Crippen molar-refractivity contribution in [3.05, 3.63) is 53.9 Å². The summed E-state index contributed by atoms with van der Waals surface area (Å²) in [5.74, 6) is 0. The molecule has 0 amide bonds. The second-order valence-electron chi connectivity index (χ2n) is 4.50. The molecular weight excluding hydrogens is 210 g/mol. The summed E-state index contributed by atoms with van der Waals surface area (Å²) in [6.07, 6.45) is 4.31. The maximum atomic E-state index is 9.97. The van der Waals surface area contributed by atoms with E-state index in [2.05, 4.69) is 17.1 Å². The number of aliphatic hydroxyl groups excluding tert-OH is 1. The van der Waals surface area contributed by atoms with Crippen LogP contribution in [0.1, 0.15) is 30.2 Å². The van der Waals surface area contributed by atoms with Crippen molar-refractivity contribution in [2.45, 2.75) is 25.4 Å². The van der Waals surface area contributed by atoms with Crippen LogP contribution in [0.15, 0.2) is 42.6 Å². The van der Waals surface area contributed by atoms with Gasteiger partial charge in [-0.25, -0.2) is 0 Å². The summed E-state index contributed by atoms with van der Waals surface area (Å²) in [7, 11) is 0. The molecule has 1 aromatic heterocycles. The van der Waals surface area contributed by atoms with Crippen LogP contribution in [-0.2, 0) is 6.42 Å². The minimum Gasteiger partial charge on any atom is -0.387 e. The Morgan fingerprint density at radius 2 is 1.94 bits per heavy atom. The molecule has 0 radical (unpaired) electrons. The van der Waals surface area contributed by atoms with Crippen LogP contribution < -0.4 is 0 Å². The smallest absolute Gasteiger partial charge is 0.0962 e. The van der Waals surface area contributed by atoms with Gasteiger partial charge in [-0.05, 0) is 42.0 Å². The Bertz CT molecular complexity index is 522. The van der Waals surface area contributed by atoms with Crippen LogP contribution in [0.4, 0.5) is 0 Å². The van der Waals surface area contributed by atoms with E-state index in [-0.39, 0.29) is 6.10 Å². The number of rotatable bonds is 1. The Hall–Kier alpha value is -1.67. The number of pyridine rings is 1. The molecule has 0 spiro atoms. The highest BCUT2D eigenvalue weighted by atomic mass is 16.3. The van der Waals surface area contributed by atoms with Crippen molar-refractivity contribution in [3.8, 4) is 11.1 Å². The van der Waals surface area contributed by atoms with Gasteiger partial charge in [-0.1, -0.05) is 30.3 Å². The highest BCUT2D eigenvalue weighted by molar-refractivity contribution is 5.68. The fourth-order valence-electron chi connectivity index (χ4n) is 2.56. The number of nitrogens with zero attached hydrogens (tertiary/aromatic N) is 1. The zero-order valence-electron chi connectivity index (χ0n) is 9.63. The van der Waals surface area contributed by atoms with Crippen molar-refractivity contribution in [1.82, 2.24) is 4.98 Å². The van der Waals surface area contributed by atoms with E-state index in [1.165, 1.54) is 16.7 Å². The number of aromatic nitrogens is 1. The van der Waals surface area contributed by atoms with Gasteiger partial charge in [-0.15, -0.1) is 0 Å². The van der Waals surface area contributed by atoms with Crippen LogP contribution in [-0.4, -0.2) is 10.1 Å². The van der Waals surface area contributed by atoms with E-state index in [9.17, 15) is 5.11 Å². The van der Waals surface area contributed by atoms with Gasteiger partial charge in [0.25, 0.3) is 0 Å². The van der Waals surface area contributed by atoms with Crippen molar-refractivity contribution < 1.29 is 5.11 Å². The fourth-order valence-corrected chi connectivity index (χ4v) is 2.56. The minimum absolute atomic E-state index is 0.387. The van der Waals surface area contributed by atoms with Gasteiger partial charge >= 0.3 is 0 Å².